The minimum atomic E-state index is -3.38. The lowest BCUT2D eigenvalue weighted by molar-refractivity contribution is 0.122. The summed E-state index contributed by atoms with van der Waals surface area (Å²) < 4.78 is 32.4. The highest BCUT2D eigenvalue weighted by molar-refractivity contribution is 7.88. The molecule has 27 heavy (non-hydrogen) atoms. The number of benzene rings is 1. The Labute approximate surface area is 160 Å². The first-order chi connectivity index (χ1) is 13.0. The van der Waals surface area contributed by atoms with E-state index in [1.165, 1.54) is 0 Å². The number of morpholine rings is 1. The highest BCUT2D eigenvalue weighted by atomic mass is 32.2. The first-order valence-corrected chi connectivity index (χ1v) is 10.6. The molecule has 0 amide bonds. The number of aryl methyl sites for hydroxylation is 1. The van der Waals surface area contributed by atoms with Crippen molar-refractivity contribution in [1.82, 2.24) is 14.9 Å². The third-order valence-corrected chi connectivity index (χ3v) is 5.57. The van der Waals surface area contributed by atoms with Crippen LogP contribution in [0.15, 0.2) is 36.5 Å². The molecule has 1 aliphatic rings. The van der Waals surface area contributed by atoms with Gasteiger partial charge in [0.15, 0.2) is 5.82 Å². The molecule has 0 atom stereocenters. The number of ether oxygens (including phenoxy) is 1. The molecule has 0 bridgehead atoms. The number of hydrogen-bond acceptors (Lipinski definition) is 7. The van der Waals surface area contributed by atoms with Gasteiger partial charge in [0, 0.05) is 32.2 Å². The zero-order valence-electron chi connectivity index (χ0n) is 15.4. The quantitative estimate of drug-likeness (QED) is 0.652. The lowest BCUT2D eigenvalue weighted by atomic mass is 10.2. The Kier molecular flexibility index (Phi) is 6.59. The first-order valence-electron chi connectivity index (χ1n) is 8.94. The Hall–Kier alpha value is -2.23. The van der Waals surface area contributed by atoms with E-state index < -0.39 is 10.0 Å². The zero-order chi connectivity index (χ0) is 19.1. The van der Waals surface area contributed by atoms with Gasteiger partial charge in [-0.1, -0.05) is 29.8 Å². The summed E-state index contributed by atoms with van der Waals surface area (Å²) in [5.74, 6) is 0.595. The highest BCUT2D eigenvalue weighted by Crippen LogP contribution is 2.16. The van der Waals surface area contributed by atoms with Crippen molar-refractivity contribution < 1.29 is 13.2 Å². The lowest BCUT2D eigenvalue weighted by Crippen LogP contribution is -2.36. The standard InChI is InChI=1S/C18H25N5O3S/c1-15-3-2-4-16(11-15)14-27(24,25)21-6-5-19-18-12-17(13-20-22-18)23-7-9-26-10-8-23/h2-4,11-13,21H,5-10,14H2,1H3,(H,19,22). The molecule has 1 aliphatic heterocycles. The molecule has 0 saturated carbocycles. The van der Waals surface area contributed by atoms with Gasteiger partial charge in [0.2, 0.25) is 10.0 Å². The molecule has 1 aromatic carbocycles. The molecular weight excluding hydrogens is 366 g/mol. The Bertz CT molecular complexity index is 854. The predicted octanol–water partition coefficient (Wildman–Crippen LogP) is 1.15. The van der Waals surface area contributed by atoms with Gasteiger partial charge in [-0.05, 0) is 12.5 Å². The number of aromatic nitrogens is 2. The van der Waals surface area contributed by atoms with Crippen molar-refractivity contribution in [2.45, 2.75) is 12.7 Å². The van der Waals surface area contributed by atoms with Crippen LogP contribution in [-0.2, 0) is 20.5 Å². The van der Waals surface area contributed by atoms with E-state index in [1.807, 2.05) is 37.3 Å². The van der Waals surface area contributed by atoms with Crippen LogP contribution < -0.4 is 14.9 Å². The van der Waals surface area contributed by atoms with Crippen molar-refractivity contribution in [2.75, 3.05) is 49.6 Å². The predicted molar refractivity (Wildman–Crippen MR) is 105 cm³/mol. The molecule has 1 saturated heterocycles. The molecule has 2 heterocycles. The summed E-state index contributed by atoms with van der Waals surface area (Å²) >= 11 is 0. The SMILES string of the molecule is Cc1cccc(CS(=O)(=O)NCCNc2cc(N3CCOCC3)cnn2)c1. The van der Waals surface area contributed by atoms with Crippen molar-refractivity contribution >= 4 is 21.5 Å². The van der Waals surface area contributed by atoms with Crippen LogP contribution >= 0.6 is 0 Å². The van der Waals surface area contributed by atoms with E-state index in [-0.39, 0.29) is 12.3 Å². The molecule has 9 heteroatoms. The number of hydrogen-bond donors (Lipinski definition) is 2. The Morgan fingerprint density at radius 2 is 2.00 bits per heavy atom. The largest absolute Gasteiger partial charge is 0.378 e. The third kappa shape index (κ3) is 6.16. The van der Waals surface area contributed by atoms with Crippen molar-refractivity contribution in [1.29, 1.82) is 0 Å². The van der Waals surface area contributed by atoms with Gasteiger partial charge in [0.05, 0.1) is 30.9 Å². The zero-order valence-corrected chi connectivity index (χ0v) is 16.2. The van der Waals surface area contributed by atoms with Crippen LogP contribution in [0.25, 0.3) is 0 Å². The molecule has 0 spiro atoms. The van der Waals surface area contributed by atoms with Crippen LogP contribution in [0.2, 0.25) is 0 Å². The fourth-order valence-corrected chi connectivity index (χ4v) is 4.04. The molecule has 2 N–H and O–H groups in total. The monoisotopic (exact) mass is 391 g/mol. The molecule has 1 fully saturated rings. The van der Waals surface area contributed by atoms with Gasteiger partial charge in [-0.15, -0.1) is 5.10 Å². The molecule has 8 nitrogen and oxygen atoms in total. The summed E-state index contributed by atoms with van der Waals surface area (Å²) in [7, 11) is -3.38. The number of rotatable bonds is 8. The van der Waals surface area contributed by atoms with Gasteiger partial charge in [0.25, 0.3) is 0 Å². The van der Waals surface area contributed by atoms with Gasteiger partial charge >= 0.3 is 0 Å². The van der Waals surface area contributed by atoms with Crippen LogP contribution in [0.5, 0.6) is 0 Å². The second kappa shape index (κ2) is 9.12. The second-order valence-electron chi connectivity index (χ2n) is 6.47. The van der Waals surface area contributed by atoms with E-state index in [0.717, 1.165) is 29.9 Å². The van der Waals surface area contributed by atoms with Crippen LogP contribution in [-0.4, -0.2) is 58.0 Å². The summed E-state index contributed by atoms with van der Waals surface area (Å²) in [6.07, 6.45) is 1.72. The number of nitrogens with one attached hydrogen (secondary N) is 2. The molecule has 1 aromatic heterocycles. The van der Waals surface area contributed by atoms with Crippen molar-refractivity contribution in [3.63, 3.8) is 0 Å². The summed E-state index contributed by atoms with van der Waals surface area (Å²) in [6.45, 7) is 5.70. The van der Waals surface area contributed by atoms with Crippen molar-refractivity contribution in [2.24, 2.45) is 0 Å². The average Bonchev–Trinajstić information content (AvgIpc) is 2.66. The van der Waals surface area contributed by atoms with Crippen LogP contribution in [0, 0.1) is 6.92 Å². The molecule has 0 unspecified atom stereocenters. The smallest absolute Gasteiger partial charge is 0.215 e. The Morgan fingerprint density at radius 1 is 1.19 bits per heavy atom. The molecule has 0 aliphatic carbocycles. The minimum Gasteiger partial charge on any atom is -0.378 e. The number of anilines is 2. The Morgan fingerprint density at radius 3 is 2.78 bits per heavy atom. The van der Waals surface area contributed by atoms with Crippen LogP contribution in [0.3, 0.4) is 0 Å². The van der Waals surface area contributed by atoms with E-state index in [2.05, 4.69) is 25.1 Å². The van der Waals surface area contributed by atoms with Gasteiger partial charge in [-0.2, -0.15) is 5.10 Å². The third-order valence-electron chi connectivity index (χ3n) is 4.21. The fraction of sp³-hybridized carbons (Fsp3) is 0.444. The summed E-state index contributed by atoms with van der Waals surface area (Å²) in [6, 6.07) is 9.42. The topological polar surface area (TPSA) is 96.5 Å². The molecule has 0 radical (unpaired) electrons. The van der Waals surface area contributed by atoms with Gasteiger partial charge in [-0.25, -0.2) is 13.1 Å². The molecular formula is C18H25N5O3S. The second-order valence-corrected chi connectivity index (χ2v) is 8.27. The van der Waals surface area contributed by atoms with Gasteiger partial charge in [-0.3, -0.25) is 0 Å². The van der Waals surface area contributed by atoms with E-state index >= 15 is 0 Å². The molecule has 3 rings (SSSR count). The van der Waals surface area contributed by atoms with E-state index in [0.29, 0.717) is 25.6 Å². The maximum absolute atomic E-state index is 12.2. The fourth-order valence-electron chi connectivity index (χ4n) is 2.91. The van der Waals surface area contributed by atoms with Crippen LogP contribution in [0.1, 0.15) is 11.1 Å². The Balaban J connectivity index is 1.47. The molecule has 2 aromatic rings. The van der Waals surface area contributed by atoms with Gasteiger partial charge < -0.3 is 15.0 Å². The lowest BCUT2D eigenvalue weighted by Gasteiger charge is -2.28. The number of sulfonamides is 1. The van der Waals surface area contributed by atoms with Gasteiger partial charge in [0.1, 0.15) is 0 Å². The maximum atomic E-state index is 12.2. The number of nitrogens with zero attached hydrogens (tertiary/aromatic N) is 3. The van der Waals surface area contributed by atoms with E-state index in [1.54, 1.807) is 6.20 Å². The highest BCUT2D eigenvalue weighted by Gasteiger charge is 2.13. The normalized spacial score (nSPS) is 14.9. The van der Waals surface area contributed by atoms with E-state index in [4.69, 9.17) is 4.74 Å². The first kappa shape index (κ1) is 19.5. The summed E-state index contributed by atoms with van der Waals surface area (Å²) in [4.78, 5) is 2.19. The van der Waals surface area contributed by atoms with Crippen molar-refractivity contribution in [3.8, 4) is 0 Å². The van der Waals surface area contributed by atoms with E-state index in [9.17, 15) is 8.42 Å². The van der Waals surface area contributed by atoms with Crippen LogP contribution in [0.4, 0.5) is 11.5 Å². The summed E-state index contributed by atoms with van der Waals surface area (Å²) in [5, 5.41) is 11.2. The molecule has 146 valence electrons. The maximum Gasteiger partial charge on any atom is 0.215 e. The summed E-state index contributed by atoms with van der Waals surface area (Å²) in [5.41, 5.74) is 2.80. The minimum absolute atomic E-state index is 0.0268. The van der Waals surface area contributed by atoms with Crippen molar-refractivity contribution in [3.05, 3.63) is 47.7 Å². The average molecular weight is 391 g/mol.